The summed E-state index contributed by atoms with van der Waals surface area (Å²) in [6.45, 7) is 0.965. The Hall–Kier alpha value is -0.570. The van der Waals surface area contributed by atoms with Crippen LogP contribution in [0.15, 0.2) is 0 Å². The normalized spacial score (nSPS) is 35.9. The quantitative estimate of drug-likeness (QED) is 0.757. The summed E-state index contributed by atoms with van der Waals surface area (Å²) in [7, 11) is 0. The summed E-state index contributed by atoms with van der Waals surface area (Å²) in [5.74, 6) is 1.04. The maximum atomic E-state index is 12.6. The Morgan fingerprint density at radius 2 is 1.76 bits per heavy atom. The van der Waals surface area contributed by atoms with Crippen LogP contribution in [0.5, 0.6) is 0 Å². The lowest BCUT2D eigenvalue weighted by atomic mass is 9.84. The average molecular weight is 236 g/mol. The monoisotopic (exact) mass is 236 g/mol. The molecule has 0 aromatic heterocycles. The molecule has 17 heavy (non-hydrogen) atoms. The van der Waals surface area contributed by atoms with Gasteiger partial charge in [0.25, 0.3) is 0 Å². The van der Waals surface area contributed by atoms with Crippen molar-refractivity contribution < 1.29 is 4.79 Å². The molecule has 2 atom stereocenters. The van der Waals surface area contributed by atoms with Gasteiger partial charge in [-0.15, -0.1) is 0 Å². The van der Waals surface area contributed by atoms with Gasteiger partial charge in [0, 0.05) is 12.6 Å². The minimum absolute atomic E-state index is 0.268. The molecule has 1 amide bonds. The van der Waals surface area contributed by atoms with Gasteiger partial charge in [-0.25, -0.2) is 0 Å². The fourth-order valence-corrected chi connectivity index (χ4v) is 4.16. The number of nitrogens with zero attached hydrogens (tertiary/aromatic N) is 1. The summed E-state index contributed by atoms with van der Waals surface area (Å²) in [5, 5.41) is 0. The minimum atomic E-state index is -0.508. The summed E-state index contributed by atoms with van der Waals surface area (Å²) in [5.41, 5.74) is 5.81. The molecule has 2 unspecified atom stereocenters. The molecule has 0 aromatic carbocycles. The largest absolute Gasteiger partial charge is 0.338 e. The van der Waals surface area contributed by atoms with Crippen molar-refractivity contribution in [2.24, 2.45) is 11.7 Å². The Labute approximate surface area is 104 Å². The van der Waals surface area contributed by atoms with Crippen molar-refractivity contribution in [1.29, 1.82) is 0 Å². The Kier molecular flexibility index (Phi) is 2.89. The number of hydrogen-bond donors (Lipinski definition) is 1. The average Bonchev–Trinajstić information content (AvgIpc) is 2.95. The molecule has 2 saturated carbocycles. The van der Waals surface area contributed by atoms with Gasteiger partial charge in [-0.1, -0.05) is 25.7 Å². The number of amides is 1. The third-order valence-corrected chi connectivity index (χ3v) is 5.19. The van der Waals surface area contributed by atoms with E-state index < -0.39 is 5.54 Å². The van der Waals surface area contributed by atoms with Crippen molar-refractivity contribution in [2.45, 2.75) is 69.4 Å². The second-order valence-corrected chi connectivity index (χ2v) is 6.26. The van der Waals surface area contributed by atoms with Crippen molar-refractivity contribution in [3.63, 3.8) is 0 Å². The summed E-state index contributed by atoms with van der Waals surface area (Å²) < 4.78 is 0. The summed E-state index contributed by atoms with van der Waals surface area (Å²) >= 11 is 0. The number of carbonyl (C=O) groups is 1. The molecule has 3 rings (SSSR count). The van der Waals surface area contributed by atoms with Gasteiger partial charge in [0.15, 0.2) is 0 Å². The predicted molar refractivity (Wildman–Crippen MR) is 67.5 cm³/mol. The fourth-order valence-electron chi connectivity index (χ4n) is 4.16. The zero-order chi connectivity index (χ0) is 11.9. The Balaban J connectivity index is 1.73. The molecule has 2 aliphatic carbocycles. The van der Waals surface area contributed by atoms with Gasteiger partial charge in [0.1, 0.15) is 0 Å². The van der Waals surface area contributed by atoms with Gasteiger partial charge in [-0.2, -0.15) is 0 Å². The maximum Gasteiger partial charge on any atom is 0.242 e. The lowest BCUT2D eigenvalue weighted by Crippen LogP contribution is -2.55. The zero-order valence-corrected chi connectivity index (χ0v) is 10.7. The van der Waals surface area contributed by atoms with Gasteiger partial charge >= 0.3 is 0 Å². The number of nitrogens with two attached hydrogens (primary N) is 1. The van der Waals surface area contributed by atoms with Crippen LogP contribution in [-0.2, 0) is 4.79 Å². The SMILES string of the molecule is NC1(C(=O)N2CCC3CCCCC32)CCCC1. The molecule has 1 saturated heterocycles. The van der Waals surface area contributed by atoms with Crippen LogP contribution < -0.4 is 5.73 Å². The van der Waals surface area contributed by atoms with E-state index in [0.717, 1.165) is 38.1 Å². The fraction of sp³-hybridized carbons (Fsp3) is 0.929. The molecule has 0 bridgehead atoms. The van der Waals surface area contributed by atoms with Crippen LogP contribution in [0.2, 0.25) is 0 Å². The number of hydrogen-bond acceptors (Lipinski definition) is 2. The molecule has 3 aliphatic rings. The second kappa shape index (κ2) is 4.27. The van der Waals surface area contributed by atoms with Crippen molar-refractivity contribution in [3.8, 4) is 0 Å². The van der Waals surface area contributed by atoms with Crippen LogP contribution in [0.4, 0.5) is 0 Å². The highest BCUT2D eigenvalue weighted by molar-refractivity contribution is 5.87. The van der Waals surface area contributed by atoms with Crippen LogP contribution in [0.25, 0.3) is 0 Å². The second-order valence-electron chi connectivity index (χ2n) is 6.26. The number of carbonyl (C=O) groups excluding carboxylic acids is 1. The zero-order valence-electron chi connectivity index (χ0n) is 10.7. The Morgan fingerprint density at radius 3 is 2.53 bits per heavy atom. The first kappa shape index (κ1) is 11.5. The third kappa shape index (κ3) is 1.88. The summed E-state index contributed by atoms with van der Waals surface area (Å²) in [6, 6.07) is 0.525. The molecule has 96 valence electrons. The molecule has 1 aliphatic heterocycles. The van der Waals surface area contributed by atoms with E-state index in [1.165, 1.54) is 32.1 Å². The van der Waals surface area contributed by atoms with E-state index >= 15 is 0 Å². The molecule has 2 N–H and O–H groups in total. The van der Waals surface area contributed by atoms with Gasteiger partial charge in [0.05, 0.1) is 5.54 Å². The summed E-state index contributed by atoms with van der Waals surface area (Å²) in [4.78, 5) is 14.8. The van der Waals surface area contributed by atoms with Crippen LogP contribution in [-0.4, -0.2) is 28.9 Å². The van der Waals surface area contributed by atoms with Gasteiger partial charge < -0.3 is 10.6 Å². The van der Waals surface area contributed by atoms with E-state index in [4.69, 9.17) is 5.73 Å². The molecular formula is C14H24N2O. The first-order chi connectivity index (χ1) is 8.21. The van der Waals surface area contributed by atoms with Gasteiger partial charge in [-0.3, -0.25) is 4.79 Å². The summed E-state index contributed by atoms with van der Waals surface area (Å²) in [6.07, 6.45) is 10.5. The highest BCUT2D eigenvalue weighted by atomic mass is 16.2. The predicted octanol–water partition coefficient (Wildman–Crippen LogP) is 2.05. The first-order valence-corrected chi connectivity index (χ1v) is 7.31. The molecule has 3 nitrogen and oxygen atoms in total. The van der Waals surface area contributed by atoms with Crippen LogP contribution in [0, 0.1) is 5.92 Å². The lowest BCUT2D eigenvalue weighted by molar-refractivity contribution is -0.138. The van der Waals surface area contributed by atoms with Crippen LogP contribution in [0.1, 0.15) is 57.8 Å². The van der Waals surface area contributed by atoms with Crippen molar-refractivity contribution in [3.05, 3.63) is 0 Å². The minimum Gasteiger partial charge on any atom is -0.338 e. The van der Waals surface area contributed by atoms with E-state index in [2.05, 4.69) is 4.90 Å². The topological polar surface area (TPSA) is 46.3 Å². The smallest absolute Gasteiger partial charge is 0.242 e. The van der Waals surface area contributed by atoms with Gasteiger partial charge in [0.2, 0.25) is 5.91 Å². The van der Waals surface area contributed by atoms with Crippen molar-refractivity contribution in [1.82, 2.24) is 4.90 Å². The number of likely N-dealkylation sites (tertiary alicyclic amines) is 1. The number of rotatable bonds is 1. The van der Waals surface area contributed by atoms with Crippen molar-refractivity contribution >= 4 is 5.91 Å². The molecular weight excluding hydrogens is 212 g/mol. The van der Waals surface area contributed by atoms with E-state index in [1.807, 2.05) is 0 Å². The van der Waals surface area contributed by atoms with Gasteiger partial charge in [-0.05, 0) is 38.0 Å². The Morgan fingerprint density at radius 1 is 1.06 bits per heavy atom. The molecule has 1 heterocycles. The highest BCUT2D eigenvalue weighted by Crippen LogP contribution is 2.39. The third-order valence-electron chi connectivity index (χ3n) is 5.19. The van der Waals surface area contributed by atoms with Crippen LogP contribution >= 0.6 is 0 Å². The highest BCUT2D eigenvalue weighted by Gasteiger charge is 2.46. The number of fused-ring (bicyclic) bond motifs is 1. The lowest BCUT2D eigenvalue weighted by Gasteiger charge is -2.36. The maximum absolute atomic E-state index is 12.6. The molecule has 0 radical (unpaired) electrons. The van der Waals surface area contributed by atoms with Crippen LogP contribution in [0.3, 0.4) is 0 Å². The van der Waals surface area contributed by atoms with E-state index in [0.29, 0.717) is 6.04 Å². The van der Waals surface area contributed by atoms with E-state index in [-0.39, 0.29) is 5.91 Å². The molecule has 0 aromatic rings. The Bertz CT molecular complexity index is 309. The molecule has 3 fully saturated rings. The standard InChI is InChI=1S/C14H24N2O/c15-14(8-3-4-9-14)13(17)16-10-7-11-5-1-2-6-12(11)16/h11-12H,1-10,15H2. The van der Waals surface area contributed by atoms with E-state index in [9.17, 15) is 4.79 Å². The van der Waals surface area contributed by atoms with E-state index in [1.54, 1.807) is 0 Å². The molecule has 0 spiro atoms. The van der Waals surface area contributed by atoms with Crippen molar-refractivity contribution in [2.75, 3.05) is 6.54 Å². The molecule has 3 heteroatoms. The first-order valence-electron chi connectivity index (χ1n) is 7.31.